The van der Waals surface area contributed by atoms with Crippen molar-refractivity contribution in [1.29, 1.82) is 0 Å². The predicted molar refractivity (Wildman–Crippen MR) is 111 cm³/mol. The third kappa shape index (κ3) is 3.46. The largest absolute Gasteiger partial charge is 0.493 e. The highest BCUT2D eigenvalue weighted by atomic mass is 32.2. The van der Waals surface area contributed by atoms with Gasteiger partial charge in [-0.1, -0.05) is 42.1 Å². The van der Waals surface area contributed by atoms with Crippen LogP contribution in [-0.4, -0.2) is 24.2 Å². The van der Waals surface area contributed by atoms with Gasteiger partial charge in [0.15, 0.2) is 11.5 Å². The van der Waals surface area contributed by atoms with E-state index < -0.39 is 0 Å². The first-order chi connectivity index (χ1) is 13.7. The highest BCUT2D eigenvalue weighted by molar-refractivity contribution is 7.99. The van der Waals surface area contributed by atoms with Gasteiger partial charge in [-0.3, -0.25) is 4.79 Å². The number of para-hydroxylation sites is 1. The van der Waals surface area contributed by atoms with E-state index in [1.165, 1.54) is 0 Å². The van der Waals surface area contributed by atoms with Crippen molar-refractivity contribution >= 4 is 22.7 Å². The van der Waals surface area contributed by atoms with Crippen LogP contribution in [0.1, 0.15) is 0 Å². The number of nitrogens with zero attached hydrogens (tertiary/aromatic N) is 1. The zero-order valence-electron chi connectivity index (χ0n) is 15.4. The Hall–Kier alpha value is -3.25. The molecule has 0 aliphatic carbocycles. The van der Waals surface area contributed by atoms with Gasteiger partial charge < -0.3 is 14.5 Å². The van der Waals surface area contributed by atoms with Crippen LogP contribution in [0.5, 0.6) is 11.5 Å². The van der Waals surface area contributed by atoms with Crippen molar-refractivity contribution in [2.75, 3.05) is 14.2 Å². The topological polar surface area (TPSA) is 64.2 Å². The number of benzene rings is 3. The molecule has 0 spiro atoms. The second-order valence-corrected chi connectivity index (χ2v) is 7.16. The monoisotopic (exact) mass is 390 g/mol. The predicted octanol–water partition coefficient (Wildman–Crippen LogP) is 4.76. The lowest BCUT2D eigenvalue weighted by molar-refractivity contribution is 0.354. The molecule has 28 heavy (non-hydrogen) atoms. The first kappa shape index (κ1) is 18.1. The summed E-state index contributed by atoms with van der Waals surface area (Å²) in [6.45, 7) is 0. The minimum Gasteiger partial charge on any atom is -0.493 e. The van der Waals surface area contributed by atoms with Crippen LogP contribution >= 0.6 is 11.8 Å². The van der Waals surface area contributed by atoms with Gasteiger partial charge in [0.1, 0.15) is 5.82 Å². The van der Waals surface area contributed by atoms with E-state index in [1.807, 2.05) is 60.7 Å². The molecule has 1 aromatic heterocycles. The van der Waals surface area contributed by atoms with E-state index in [0.717, 1.165) is 15.4 Å². The molecular weight excluding hydrogens is 372 g/mol. The highest BCUT2D eigenvalue weighted by Gasteiger charge is 2.12. The molecule has 0 atom stereocenters. The van der Waals surface area contributed by atoms with E-state index >= 15 is 0 Å². The summed E-state index contributed by atoms with van der Waals surface area (Å²) in [5, 5.41) is 0.580. The van der Waals surface area contributed by atoms with Crippen LogP contribution in [-0.2, 0) is 0 Å². The van der Waals surface area contributed by atoms with Crippen molar-refractivity contribution < 1.29 is 9.47 Å². The summed E-state index contributed by atoms with van der Waals surface area (Å²) in [5.41, 5.74) is 1.39. The van der Waals surface area contributed by atoms with Gasteiger partial charge in [-0.05, 0) is 36.4 Å². The molecular formula is C22H18N2O3S. The van der Waals surface area contributed by atoms with Gasteiger partial charge in [0.2, 0.25) is 0 Å². The van der Waals surface area contributed by atoms with Gasteiger partial charge in [0.25, 0.3) is 5.56 Å². The molecule has 0 bridgehead atoms. The molecule has 4 rings (SSSR count). The van der Waals surface area contributed by atoms with Crippen molar-refractivity contribution in [1.82, 2.24) is 9.97 Å². The minimum absolute atomic E-state index is 0.147. The van der Waals surface area contributed by atoms with Crippen molar-refractivity contribution in [3.05, 3.63) is 77.1 Å². The molecule has 4 aromatic rings. The molecule has 0 fully saturated rings. The maximum Gasteiger partial charge on any atom is 0.259 e. The van der Waals surface area contributed by atoms with Crippen molar-refractivity contribution in [2.45, 2.75) is 9.79 Å². The molecule has 0 saturated carbocycles. The normalized spacial score (nSPS) is 10.8. The molecule has 1 N–H and O–H groups in total. The SMILES string of the molecule is COc1ccc(Sc2ccccc2-c2nc3ccccc3c(=O)[nH]2)cc1OC. The van der Waals surface area contributed by atoms with E-state index in [2.05, 4.69) is 9.97 Å². The number of fused-ring (bicyclic) bond motifs is 1. The quantitative estimate of drug-likeness (QED) is 0.532. The number of aromatic amines is 1. The number of hydrogen-bond donors (Lipinski definition) is 1. The number of ether oxygens (including phenoxy) is 2. The third-order valence-electron chi connectivity index (χ3n) is 4.34. The lowest BCUT2D eigenvalue weighted by Crippen LogP contribution is -2.09. The van der Waals surface area contributed by atoms with Gasteiger partial charge in [0.05, 0.1) is 25.1 Å². The van der Waals surface area contributed by atoms with Crippen molar-refractivity contribution in [3.63, 3.8) is 0 Å². The van der Waals surface area contributed by atoms with E-state index in [4.69, 9.17) is 9.47 Å². The standard InChI is InChI=1S/C22H18N2O3S/c1-26-18-12-11-14(13-19(18)27-2)28-20-10-6-4-8-16(20)21-23-17-9-5-3-7-15(17)22(25)24-21/h3-13H,1-2H3,(H,23,24,25). The molecule has 1 heterocycles. The van der Waals surface area contributed by atoms with Crippen molar-refractivity contribution in [2.24, 2.45) is 0 Å². The summed E-state index contributed by atoms with van der Waals surface area (Å²) in [7, 11) is 3.23. The zero-order valence-corrected chi connectivity index (χ0v) is 16.2. The molecule has 140 valence electrons. The number of nitrogens with one attached hydrogen (secondary N) is 1. The maximum atomic E-state index is 12.5. The number of methoxy groups -OCH3 is 2. The molecule has 6 heteroatoms. The fourth-order valence-electron chi connectivity index (χ4n) is 2.97. The Morgan fingerprint density at radius 2 is 1.64 bits per heavy atom. The van der Waals surface area contributed by atoms with E-state index in [-0.39, 0.29) is 5.56 Å². The first-order valence-corrected chi connectivity index (χ1v) is 9.49. The van der Waals surface area contributed by atoms with Gasteiger partial charge in [-0.15, -0.1) is 0 Å². The molecule has 0 radical (unpaired) electrons. The maximum absolute atomic E-state index is 12.5. The molecule has 0 aliphatic rings. The molecule has 0 saturated heterocycles. The fourth-order valence-corrected chi connectivity index (χ4v) is 3.95. The molecule has 0 amide bonds. The van der Waals surface area contributed by atoms with Crippen LogP contribution in [0.2, 0.25) is 0 Å². The second-order valence-electron chi connectivity index (χ2n) is 6.05. The lowest BCUT2D eigenvalue weighted by atomic mass is 10.2. The van der Waals surface area contributed by atoms with Gasteiger partial charge in [-0.25, -0.2) is 4.98 Å². The summed E-state index contributed by atoms with van der Waals surface area (Å²) < 4.78 is 10.7. The van der Waals surface area contributed by atoms with Gasteiger partial charge >= 0.3 is 0 Å². The van der Waals surface area contributed by atoms with Crippen LogP contribution in [0.4, 0.5) is 0 Å². The smallest absolute Gasteiger partial charge is 0.259 e. The minimum atomic E-state index is -0.147. The van der Waals surface area contributed by atoms with E-state index in [9.17, 15) is 4.79 Å². The van der Waals surface area contributed by atoms with Crippen LogP contribution in [0.15, 0.2) is 81.3 Å². The Labute approximate surface area is 166 Å². The van der Waals surface area contributed by atoms with Crippen molar-refractivity contribution in [3.8, 4) is 22.9 Å². The van der Waals surface area contributed by atoms with Gasteiger partial charge in [-0.2, -0.15) is 0 Å². The molecule has 3 aromatic carbocycles. The zero-order chi connectivity index (χ0) is 19.5. The Bertz CT molecular complexity index is 1200. The molecule has 0 aliphatic heterocycles. The van der Waals surface area contributed by atoms with Crippen LogP contribution < -0.4 is 15.0 Å². The Balaban J connectivity index is 1.77. The Morgan fingerprint density at radius 1 is 0.893 bits per heavy atom. The van der Waals surface area contributed by atoms with Crippen LogP contribution in [0.3, 0.4) is 0 Å². The average Bonchev–Trinajstić information content (AvgIpc) is 2.74. The molecule has 5 nitrogen and oxygen atoms in total. The Morgan fingerprint density at radius 3 is 2.46 bits per heavy atom. The number of rotatable bonds is 5. The van der Waals surface area contributed by atoms with Gasteiger partial charge in [0, 0.05) is 15.4 Å². The van der Waals surface area contributed by atoms with E-state index in [1.54, 1.807) is 32.0 Å². The summed E-state index contributed by atoms with van der Waals surface area (Å²) in [6.07, 6.45) is 0. The lowest BCUT2D eigenvalue weighted by Gasteiger charge is -2.12. The van der Waals surface area contributed by atoms with E-state index in [0.29, 0.717) is 28.2 Å². The summed E-state index contributed by atoms with van der Waals surface area (Å²) in [4.78, 5) is 22.0. The summed E-state index contributed by atoms with van der Waals surface area (Å²) in [5.74, 6) is 1.90. The first-order valence-electron chi connectivity index (χ1n) is 8.68. The fraction of sp³-hybridized carbons (Fsp3) is 0.0909. The number of H-pyrrole nitrogens is 1. The average molecular weight is 390 g/mol. The molecule has 0 unspecified atom stereocenters. The number of hydrogen-bond acceptors (Lipinski definition) is 5. The van der Waals surface area contributed by atoms with Crippen LogP contribution in [0, 0.1) is 0 Å². The van der Waals surface area contributed by atoms with Crippen LogP contribution in [0.25, 0.3) is 22.3 Å². The summed E-state index contributed by atoms with van der Waals surface area (Å²) >= 11 is 1.57. The number of aromatic nitrogens is 2. The second kappa shape index (κ2) is 7.78. The highest BCUT2D eigenvalue weighted by Crippen LogP contribution is 2.38. The summed E-state index contributed by atoms with van der Waals surface area (Å²) in [6, 6.07) is 21.0. The third-order valence-corrected chi connectivity index (χ3v) is 5.40. The Kier molecular flexibility index (Phi) is 5.04.